The van der Waals surface area contributed by atoms with Crippen LogP contribution in [0.4, 0.5) is 10.1 Å². The largest absolute Gasteiger partial charge is 0.388 e. The third-order valence-corrected chi connectivity index (χ3v) is 2.27. The highest BCUT2D eigenvalue weighted by Gasteiger charge is 2.07. The molecule has 0 bridgehead atoms. The lowest BCUT2D eigenvalue weighted by Crippen LogP contribution is -1.95. The molecule has 0 aromatic heterocycles. The first kappa shape index (κ1) is 10.3. The van der Waals surface area contributed by atoms with Crippen molar-refractivity contribution in [2.24, 2.45) is 0 Å². The predicted octanol–water partition coefficient (Wildman–Crippen LogP) is 3.47. The summed E-state index contributed by atoms with van der Waals surface area (Å²) in [5.74, 6) is -0.223. The van der Waals surface area contributed by atoms with Crippen LogP contribution < -0.4 is 5.32 Å². The van der Waals surface area contributed by atoms with Crippen molar-refractivity contribution in [3.8, 4) is 0 Å². The van der Waals surface area contributed by atoms with Gasteiger partial charge in [-0.25, -0.2) is 4.39 Å². The van der Waals surface area contributed by atoms with E-state index in [2.05, 4.69) is 5.32 Å². The Balaban J connectivity index is 3.07. The molecule has 0 saturated heterocycles. The first-order valence-electron chi connectivity index (χ1n) is 4.34. The maximum Gasteiger partial charge on any atom is 0.129 e. The van der Waals surface area contributed by atoms with Gasteiger partial charge in [-0.15, -0.1) is 0 Å². The number of hydrogen-bond donors (Lipinski definition) is 1. The monoisotopic (exact) mass is 201 g/mol. The van der Waals surface area contributed by atoms with Gasteiger partial charge in [-0.1, -0.05) is 24.9 Å². The molecule has 3 heteroatoms. The average Bonchev–Trinajstić information content (AvgIpc) is 2.11. The van der Waals surface area contributed by atoms with E-state index < -0.39 is 0 Å². The number of hydrogen-bond acceptors (Lipinski definition) is 1. The van der Waals surface area contributed by atoms with E-state index in [9.17, 15) is 4.39 Å². The van der Waals surface area contributed by atoms with Crippen LogP contribution in [0.5, 0.6) is 0 Å². The van der Waals surface area contributed by atoms with Crippen LogP contribution in [0.2, 0.25) is 5.02 Å². The highest BCUT2D eigenvalue weighted by Crippen LogP contribution is 2.25. The van der Waals surface area contributed by atoms with Gasteiger partial charge in [-0.2, -0.15) is 0 Å². The van der Waals surface area contributed by atoms with Crippen LogP contribution in [0.15, 0.2) is 12.1 Å². The summed E-state index contributed by atoms with van der Waals surface area (Å²) in [6, 6.07) is 3.21. The first-order chi connectivity index (χ1) is 6.19. The number of nitrogens with one attached hydrogen (secondary N) is 1. The van der Waals surface area contributed by atoms with Crippen LogP contribution in [0, 0.1) is 5.82 Å². The van der Waals surface area contributed by atoms with E-state index in [0.717, 1.165) is 6.42 Å². The molecule has 0 atom stereocenters. The molecule has 72 valence electrons. The van der Waals surface area contributed by atoms with Gasteiger partial charge in [-0.05, 0) is 18.6 Å². The number of halogens is 2. The Labute approximate surface area is 82.9 Å². The van der Waals surface area contributed by atoms with Crippen molar-refractivity contribution in [1.82, 2.24) is 0 Å². The van der Waals surface area contributed by atoms with Crippen LogP contribution in [0.25, 0.3) is 0 Å². The summed E-state index contributed by atoms with van der Waals surface area (Å²) in [7, 11) is 1.74. The van der Waals surface area contributed by atoms with E-state index in [0.29, 0.717) is 22.7 Å². The molecule has 0 aliphatic rings. The van der Waals surface area contributed by atoms with Gasteiger partial charge in [0.1, 0.15) is 5.82 Å². The van der Waals surface area contributed by atoms with E-state index in [1.54, 1.807) is 13.1 Å². The molecule has 1 aromatic carbocycles. The Hall–Kier alpha value is -0.760. The Morgan fingerprint density at radius 3 is 2.62 bits per heavy atom. The molecule has 0 heterocycles. The van der Waals surface area contributed by atoms with Crippen LogP contribution in [-0.2, 0) is 6.42 Å². The molecule has 0 aliphatic heterocycles. The topological polar surface area (TPSA) is 12.0 Å². The quantitative estimate of drug-likeness (QED) is 0.790. The van der Waals surface area contributed by atoms with Gasteiger partial charge in [0.25, 0.3) is 0 Å². The maximum absolute atomic E-state index is 13.4. The van der Waals surface area contributed by atoms with Crippen LogP contribution in [0.3, 0.4) is 0 Å². The van der Waals surface area contributed by atoms with Crippen molar-refractivity contribution >= 4 is 17.3 Å². The molecule has 0 spiro atoms. The van der Waals surface area contributed by atoms with Crippen LogP contribution in [0.1, 0.15) is 18.9 Å². The third kappa shape index (κ3) is 2.34. The summed E-state index contributed by atoms with van der Waals surface area (Å²) in [4.78, 5) is 0. The van der Waals surface area contributed by atoms with Crippen molar-refractivity contribution in [2.45, 2.75) is 19.8 Å². The zero-order valence-corrected chi connectivity index (χ0v) is 8.58. The van der Waals surface area contributed by atoms with Crippen LogP contribution >= 0.6 is 11.6 Å². The highest BCUT2D eigenvalue weighted by atomic mass is 35.5. The number of benzene rings is 1. The summed E-state index contributed by atoms with van der Waals surface area (Å²) in [5.41, 5.74) is 1.32. The van der Waals surface area contributed by atoms with Gasteiger partial charge in [0.15, 0.2) is 0 Å². The molecule has 1 aromatic rings. The Morgan fingerprint density at radius 2 is 2.15 bits per heavy atom. The Morgan fingerprint density at radius 1 is 1.46 bits per heavy atom. The van der Waals surface area contributed by atoms with Crippen molar-refractivity contribution in [3.05, 3.63) is 28.5 Å². The minimum atomic E-state index is -0.223. The SMILES string of the molecule is CCCc1c(F)cc(NC)cc1Cl. The lowest BCUT2D eigenvalue weighted by molar-refractivity contribution is 0.608. The molecule has 0 saturated carbocycles. The fourth-order valence-electron chi connectivity index (χ4n) is 1.24. The van der Waals surface area contributed by atoms with E-state index >= 15 is 0 Å². The maximum atomic E-state index is 13.4. The van der Waals surface area contributed by atoms with Gasteiger partial charge in [-0.3, -0.25) is 0 Å². The van der Waals surface area contributed by atoms with Gasteiger partial charge >= 0.3 is 0 Å². The summed E-state index contributed by atoms with van der Waals surface area (Å²) in [6.07, 6.45) is 1.59. The lowest BCUT2D eigenvalue weighted by Gasteiger charge is -2.07. The van der Waals surface area contributed by atoms with Crippen LogP contribution in [-0.4, -0.2) is 7.05 Å². The van der Waals surface area contributed by atoms with Crippen molar-refractivity contribution in [1.29, 1.82) is 0 Å². The fourth-order valence-corrected chi connectivity index (χ4v) is 1.54. The second-order valence-corrected chi connectivity index (χ2v) is 3.33. The molecule has 0 aliphatic carbocycles. The summed E-state index contributed by atoms with van der Waals surface area (Å²) < 4.78 is 13.4. The minimum absolute atomic E-state index is 0.223. The van der Waals surface area contributed by atoms with E-state index in [1.807, 2.05) is 6.92 Å². The summed E-state index contributed by atoms with van der Waals surface area (Å²) >= 11 is 5.91. The second kappa shape index (κ2) is 4.47. The molecular formula is C10H13ClFN. The molecule has 1 N–H and O–H groups in total. The number of rotatable bonds is 3. The van der Waals surface area contributed by atoms with Gasteiger partial charge in [0, 0.05) is 23.3 Å². The molecule has 0 radical (unpaired) electrons. The smallest absolute Gasteiger partial charge is 0.129 e. The first-order valence-corrected chi connectivity index (χ1v) is 4.72. The standard InChI is InChI=1S/C10H13ClFN/c1-3-4-8-9(11)5-7(13-2)6-10(8)12/h5-6,13H,3-4H2,1-2H3. The predicted molar refractivity (Wildman–Crippen MR) is 55.0 cm³/mol. The normalized spacial score (nSPS) is 10.2. The molecule has 13 heavy (non-hydrogen) atoms. The zero-order chi connectivity index (χ0) is 9.84. The zero-order valence-electron chi connectivity index (χ0n) is 7.82. The molecule has 1 nitrogen and oxygen atoms in total. The molecule has 0 amide bonds. The van der Waals surface area contributed by atoms with Crippen molar-refractivity contribution < 1.29 is 4.39 Å². The molecule has 1 rings (SSSR count). The lowest BCUT2D eigenvalue weighted by atomic mass is 10.1. The minimum Gasteiger partial charge on any atom is -0.388 e. The second-order valence-electron chi connectivity index (χ2n) is 2.92. The summed E-state index contributed by atoms with van der Waals surface area (Å²) in [6.45, 7) is 2.00. The highest BCUT2D eigenvalue weighted by molar-refractivity contribution is 6.31. The third-order valence-electron chi connectivity index (χ3n) is 1.93. The van der Waals surface area contributed by atoms with E-state index in [1.165, 1.54) is 6.07 Å². The van der Waals surface area contributed by atoms with E-state index in [-0.39, 0.29) is 5.82 Å². The fraction of sp³-hybridized carbons (Fsp3) is 0.400. The summed E-state index contributed by atoms with van der Waals surface area (Å²) in [5, 5.41) is 3.36. The van der Waals surface area contributed by atoms with Crippen molar-refractivity contribution in [3.63, 3.8) is 0 Å². The van der Waals surface area contributed by atoms with Gasteiger partial charge < -0.3 is 5.32 Å². The van der Waals surface area contributed by atoms with Gasteiger partial charge in [0.2, 0.25) is 0 Å². The Kier molecular flexibility index (Phi) is 3.55. The molecular weight excluding hydrogens is 189 g/mol. The van der Waals surface area contributed by atoms with Gasteiger partial charge in [0.05, 0.1) is 0 Å². The number of anilines is 1. The van der Waals surface area contributed by atoms with Crippen molar-refractivity contribution in [2.75, 3.05) is 12.4 Å². The van der Waals surface area contributed by atoms with E-state index in [4.69, 9.17) is 11.6 Å². The molecule has 0 fully saturated rings. The average molecular weight is 202 g/mol. The molecule has 0 unspecified atom stereocenters. The Bertz CT molecular complexity index is 276.